The average molecular weight is 258 g/mol. The standard InChI is InChI=1S/C13H18N6/c1-10-6-12(15-8-14-10)19-5-3-4-11(7-19)13-17-16-9-18(13)2/h6,8-9,11H,3-5,7H2,1-2H3. The monoisotopic (exact) mass is 258 g/mol. The third kappa shape index (κ3) is 2.43. The number of nitrogens with zero attached hydrogens (tertiary/aromatic N) is 6. The second-order valence-electron chi connectivity index (χ2n) is 5.10. The van der Waals surface area contributed by atoms with Gasteiger partial charge in [0, 0.05) is 37.8 Å². The summed E-state index contributed by atoms with van der Waals surface area (Å²) in [5, 5.41) is 8.22. The molecule has 0 aliphatic carbocycles. The van der Waals surface area contributed by atoms with E-state index in [-0.39, 0.29) is 0 Å². The van der Waals surface area contributed by atoms with E-state index in [0.29, 0.717) is 5.92 Å². The molecule has 0 aromatic carbocycles. The highest BCUT2D eigenvalue weighted by Crippen LogP contribution is 2.27. The molecule has 0 N–H and O–H groups in total. The molecular weight excluding hydrogens is 240 g/mol. The Labute approximate surface area is 112 Å². The van der Waals surface area contributed by atoms with Crippen molar-refractivity contribution in [3.63, 3.8) is 0 Å². The van der Waals surface area contributed by atoms with Gasteiger partial charge in [0.15, 0.2) is 0 Å². The molecule has 0 saturated carbocycles. The van der Waals surface area contributed by atoms with Gasteiger partial charge in [-0.25, -0.2) is 9.97 Å². The van der Waals surface area contributed by atoms with E-state index in [1.54, 1.807) is 12.7 Å². The lowest BCUT2D eigenvalue weighted by atomic mass is 9.97. The minimum absolute atomic E-state index is 0.427. The number of hydrogen-bond donors (Lipinski definition) is 0. The lowest BCUT2D eigenvalue weighted by Gasteiger charge is -2.33. The Morgan fingerprint density at radius 3 is 2.95 bits per heavy atom. The van der Waals surface area contributed by atoms with Crippen molar-refractivity contribution in [2.75, 3.05) is 18.0 Å². The zero-order valence-corrected chi connectivity index (χ0v) is 11.3. The minimum atomic E-state index is 0.427. The van der Waals surface area contributed by atoms with Crippen LogP contribution in [-0.4, -0.2) is 37.8 Å². The molecule has 0 radical (unpaired) electrons. The quantitative estimate of drug-likeness (QED) is 0.812. The molecule has 6 nitrogen and oxygen atoms in total. The van der Waals surface area contributed by atoms with Crippen molar-refractivity contribution in [1.29, 1.82) is 0 Å². The van der Waals surface area contributed by atoms with Crippen LogP contribution in [0.1, 0.15) is 30.3 Å². The smallest absolute Gasteiger partial charge is 0.137 e. The van der Waals surface area contributed by atoms with Crippen LogP contribution < -0.4 is 4.90 Å². The van der Waals surface area contributed by atoms with Gasteiger partial charge in [-0.2, -0.15) is 0 Å². The second kappa shape index (κ2) is 4.95. The largest absolute Gasteiger partial charge is 0.356 e. The number of anilines is 1. The molecular formula is C13H18N6. The number of hydrogen-bond acceptors (Lipinski definition) is 5. The number of aryl methyl sites for hydroxylation is 2. The summed E-state index contributed by atoms with van der Waals surface area (Å²) in [4.78, 5) is 10.8. The van der Waals surface area contributed by atoms with Gasteiger partial charge in [-0.05, 0) is 19.8 Å². The molecule has 1 unspecified atom stereocenters. The van der Waals surface area contributed by atoms with E-state index in [1.165, 1.54) is 0 Å². The zero-order chi connectivity index (χ0) is 13.2. The van der Waals surface area contributed by atoms with Gasteiger partial charge in [0.2, 0.25) is 0 Å². The summed E-state index contributed by atoms with van der Waals surface area (Å²) in [6.45, 7) is 3.99. The Morgan fingerprint density at radius 1 is 1.32 bits per heavy atom. The Kier molecular flexibility index (Phi) is 3.15. The summed E-state index contributed by atoms with van der Waals surface area (Å²) in [6, 6.07) is 2.04. The van der Waals surface area contributed by atoms with Crippen LogP contribution in [-0.2, 0) is 7.05 Å². The first kappa shape index (κ1) is 12.1. The average Bonchev–Trinajstić information content (AvgIpc) is 2.85. The van der Waals surface area contributed by atoms with Crippen molar-refractivity contribution >= 4 is 5.82 Å². The molecule has 1 atom stereocenters. The number of aromatic nitrogens is 5. The molecule has 2 aromatic rings. The summed E-state index contributed by atoms with van der Waals surface area (Å²) in [6.07, 6.45) is 5.72. The molecule has 0 spiro atoms. The van der Waals surface area contributed by atoms with Crippen molar-refractivity contribution in [2.45, 2.75) is 25.7 Å². The summed E-state index contributed by atoms with van der Waals surface area (Å²) < 4.78 is 2.01. The molecule has 19 heavy (non-hydrogen) atoms. The summed E-state index contributed by atoms with van der Waals surface area (Å²) in [7, 11) is 2.00. The first-order valence-corrected chi connectivity index (χ1v) is 6.61. The summed E-state index contributed by atoms with van der Waals surface area (Å²) >= 11 is 0. The molecule has 6 heteroatoms. The highest BCUT2D eigenvalue weighted by molar-refractivity contribution is 5.39. The fraction of sp³-hybridized carbons (Fsp3) is 0.538. The van der Waals surface area contributed by atoms with Gasteiger partial charge < -0.3 is 9.47 Å². The molecule has 1 fully saturated rings. The molecule has 0 bridgehead atoms. The van der Waals surface area contributed by atoms with E-state index in [0.717, 1.165) is 43.3 Å². The molecule has 2 aromatic heterocycles. The maximum Gasteiger partial charge on any atom is 0.137 e. The van der Waals surface area contributed by atoms with Crippen LogP contribution in [0, 0.1) is 6.92 Å². The SMILES string of the molecule is Cc1cc(N2CCCC(c3nncn3C)C2)ncn1. The van der Waals surface area contributed by atoms with Crippen LogP contribution in [0.15, 0.2) is 18.7 Å². The van der Waals surface area contributed by atoms with Crippen LogP contribution in [0.2, 0.25) is 0 Å². The third-order valence-electron chi connectivity index (χ3n) is 3.65. The van der Waals surface area contributed by atoms with Gasteiger partial charge in [0.1, 0.15) is 24.3 Å². The fourth-order valence-corrected chi connectivity index (χ4v) is 2.67. The highest BCUT2D eigenvalue weighted by Gasteiger charge is 2.25. The van der Waals surface area contributed by atoms with Crippen molar-refractivity contribution in [3.05, 3.63) is 30.2 Å². The van der Waals surface area contributed by atoms with E-state index >= 15 is 0 Å². The Morgan fingerprint density at radius 2 is 2.21 bits per heavy atom. The van der Waals surface area contributed by atoms with E-state index < -0.39 is 0 Å². The van der Waals surface area contributed by atoms with E-state index in [9.17, 15) is 0 Å². The third-order valence-corrected chi connectivity index (χ3v) is 3.65. The predicted molar refractivity (Wildman–Crippen MR) is 72.0 cm³/mol. The van der Waals surface area contributed by atoms with Gasteiger partial charge in [-0.3, -0.25) is 0 Å². The van der Waals surface area contributed by atoms with E-state index in [1.807, 2.05) is 24.6 Å². The minimum Gasteiger partial charge on any atom is -0.356 e. The number of piperidine rings is 1. The van der Waals surface area contributed by atoms with Crippen LogP contribution in [0.5, 0.6) is 0 Å². The van der Waals surface area contributed by atoms with Crippen LogP contribution in [0.25, 0.3) is 0 Å². The van der Waals surface area contributed by atoms with Gasteiger partial charge in [0.25, 0.3) is 0 Å². The molecule has 0 amide bonds. The van der Waals surface area contributed by atoms with Crippen LogP contribution in [0.4, 0.5) is 5.82 Å². The van der Waals surface area contributed by atoms with Gasteiger partial charge >= 0.3 is 0 Å². The first-order chi connectivity index (χ1) is 9.24. The molecule has 3 heterocycles. The molecule has 1 saturated heterocycles. The number of rotatable bonds is 2. The van der Waals surface area contributed by atoms with Gasteiger partial charge in [-0.15, -0.1) is 10.2 Å². The van der Waals surface area contributed by atoms with Crippen LogP contribution >= 0.6 is 0 Å². The topological polar surface area (TPSA) is 59.7 Å². The molecule has 1 aliphatic heterocycles. The maximum atomic E-state index is 4.37. The fourth-order valence-electron chi connectivity index (χ4n) is 2.67. The van der Waals surface area contributed by atoms with Crippen LogP contribution in [0.3, 0.4) is 0 Å². The normalized spacial score (nSPS) is 19.7. The first-order valence-electron chi connectivity index (χ1n) is 6.61. The van der Waals surface area contributed by atoms with Crippen molar-refractivity contribution in [1.82, 2.24) is 24.7 Å². The molecule has 1 aliphatic rings. The van der Waals surface area contributed by atoms with E-state index in [2.05, 4.69) is 25.1 Å². The predicted octanol–water partition coefficient (Wildman–Crippen LogP) is 1.30. The Hall–Kier alpha value is -1.98. The zero-order valence-electron chi connectivity index (χ0n) is 11.3. The summed E-state index contributed by atoms with van der Waals surface area (Å²) in [5.41, 5.74) is 1.01. The second-order valence-corrected chi connectivity index (χ2v) is 5.10. The van der Waals surface area contributed by atoms with Crippen molar-refractivity contribution in [2.24, 2.45) is 7.05 Å². The van der Waals surface area contributed by atoms with Gasteiger partial charge in [0.05, 0.1) is 0 Å². The lowest BCUT2D eigenvalue weighted by molar-refractivity contribution is 0.477. The van der Waals surface area contributed by atoms with Crippen molar-refractivity contribution < 1.29 is 0 Å². The maximum absolute atomic E-state index is 4.37. The van der Waals surface area contributed by atoms with Crippen molar-refractivity contribution in [3.8, 4) is 0 Å². The Bertz CT molecular complexity index is 564. The Balaban J connectivity index is 1.80. The van der Waals surface area contributed by atoms with Gasteiger partial charge in [-0.1, -0.05) is 0 Å². The van der Waals surface area contributed by atoms with E-state index in [4.69, 9.17) is 0 Å². The highest BCUT2D eigenvalue weighted by atomic mass is 15.3. The lowest BCUT2D eigenvalue weighted by Crippen LogP contribution is -2.35. The molecule has 3 rings (SSSR count). The molecule has 100 valence electrons. The summed E-state index contributed by atoms with van der Waals surface area (Å²) in [5.74, 6) is 2.51.